The van der Waals surface area contributed by atoms with E-state index < -0.39 is 0 Å². The number of benzene rings is 2. The summed E-state index contributed by atoms with van der Waals surface area (Å²) in [6.45, 7) is 5.78. The van der Waals surface area contributed by atoms with Crippen molar-refractivity contribution in [1.82, 2.24) is 4.90 Å². The van der Waals surface area contributed by atoms with Crippen LogP contribution in [0.2, 0.25) is 0 Å². The summed E-state index contributed by atoms with van der Waals surface area (Å²) in [5.41, 5.74) is 2.73. The van der Waals surface area contributed by atoms with Crippen LogP contribution in [0.3, 0.4) is 0 Å². The molecule has 0 aromatic heterocycles. The summed E-state index contributed by atoms with van der Waals surface area (Å²) in [5, 5.41) is 3.04. The fraction of sp³-hybridized carbons (Fsp3) is 0.417. The van der Waals surface area contributed by atoms with Crippen molar-refractivity contribution >= 4 is 23.3 Å². The topological polar surface area (TPSA) is 61.9 Å². The van der Waals surface area contributed by atoms with E-state index in [1.54, 1.807) is 0 Å². The van der Waals surface area contributed by atoms with E-state index in [2.05, 4.69) is 12.2 Å². The molecule has 0 bridgehead atoms. The molecule has 0 spiro atoms. The van der Waals surface area contributed by atoms with Crippen molar-refractivity contribution in [2.24, 2.45) is 5.92 Å². The minimum Gasteiger partial charge on any atom is -0.486 e. The van der Waals surface area contributed by atoms with Gasteiger partial charge >= 0.3 is 6.03 Å². The van der Waals surface area contributed by atoms with Gasteiger partial charge in [-0.05, 0) is 49.9 Å². The monoisotopic (exact) mass is 407 g/mol. The summed E-state index contributed by atoms with van der Waals surface area (Å²) in [6.07, 6.45) is 2.19. The zero-order chi connectivity index (χ0) is 21.1. The second-order valence-corrected chi connectivity index (χ2v) is 8.07. The number of carbonyl (C=O) groups excluding carboxylic acids is 2. The first-order valence-corrected chi connectivity index (χ1v) is 10.8. The second kappa shape index (κ2) is 8.78. The van der Waals surface area contributed by atoms with E-state index >= 15 is 0 Å². The van der Waals surface area contributed by atoms with E-state index in [9.17, 15) is 9.59 Å². The lowest BCUT2D eigenvalue weighted by molar-refractivity contribution is -0.121. The highest BCUT2D eigenvalue weighted by atomic mass is 16.5. The number of aryl methyl sites for hydroxylation is 1. The van der Waals surface area contributed by atoms with Gasteiger partial charge in [0.1, 0.15) is 11.9 Å². The number of piperidine rings is 1. The maximum absolute atomic E-state index is 13.3. The van der Waals surface area contributed by atoms with Gasteiger partial charge in [0.2, 0.25) is 5.91 Å². The van der Waals surface area contributed by atoms with Crippen LogP contribution < -0.4 is 15.0 Å². The molecular weight excluding hydrogens is 378 g/mol. The first-order valence-electron chi connectivity index (χ1n) is 10.8. The van der Waals surface area contributed by atoms with Crippen molar-refractivity contribution in [3.8, 4) is 5.75 Å². The second-order valence-electron chi connectivity index (χ2n) is 8.07. The molecule has 6 nitrogen and oxygen atoms in total. The molecule has 1 atom stereocenters. The highest BCUT2D eigenvalue weighted by molar-refractivity contribution is 5.95. The Bertz CT molecular complexity index is 921. The number of hydrogen-bond acceptors (Lipinski definition) is 3. The molecule has 0 radical (unpaired) electrons. The molecule has 2 aliphatic rings. The lowest BCUT2D eigenvalue weighted by Gasteiger charge is -2.39. The Morgan fingerprint density at radius 1 is 1.07 bits per heavy atom. The third kappa shape index (κ3) is 4.13. The number of nitrogens with one attached hydrogen (secondary N) is 1. The molecule has 2 heterocycles. The van der Waals surface area contributed by atoms with E-state index in [0.717, 1.165) is 29.1 Å². The normalized spacial score (nSPS) is 19.1. The number of para-hydroxylation sites is 3. The average molecular weight is 408 g/mol. The average Bonchev–Trinajstić information content (AvgIpc) is 2.79. The smallest absolute Gasteiger partial charge is 0.324 e. The standard InChI is InChI=1S/C24H29N3O3/c1-3-19-16-27(21-10-6-7-11-22(21)30-19)24(29)26-14-12-18(13-15-26)23(28)25-20-9-5-4-8-17(20)2/h4-11,18-19H,3,12-16H2,1-2H3,(H,25,28)/t19-/m0/s1. The highest BCUT2D eigenvalue weighted by Crippen LogP contribution is 2.35. The number of likely N-dealkylation sites (tertiary alicyclic amines) is 1. The number of carbonyl (C=O) groups is 2. The van der Waals surface area contributed by atoms with Gasteiger partial charge in [0.05, 0.1) is 12.2 Å². The zero-order valence-corrected chi connectivity index (χ0v) is 17.6. The Labute approximate surface area is 177 Å². The number of anilines is 2. The summed E-state index contributed by atoms with van der Waals surface area (Å²) in [4.78, 5) is 29.7. The third-order valence-electron chi connectivity index (χ3n) is 6.06. The Morgan fingerprint density at radius 2 is 1.77 bits per heavy atom. The van der Waals surface area contributed by atoms with Gasteiger partial charge in [-0.25, -0.2) is 4.79 Å². The number of amides is 3. The molecule has 0 aliphatic carbocycles. The number of urea groups is 1. The van der Waals surface area contributed by atoms with Gasteiger partial charge in [-0.2, -0.15) is 0 Å². The van der Waals surface area contributed by atoms with Gasteiger partial charge in [0, 0.05) is 24.7 Å². The largest absolute Gasteiger partial charge is 0.486 e. The molecule has 2 aromatic rings. The minimum absolute atomic E-state index is 0.00118. The number of ether oxygens (including phenoxy) is 1. The van der Waals surface area contributed by atoms with Crippen molar-refractivity contribution in [2.45, 2.75) is 39.2 Å². The molecule has 1 fully saturated rings. The van der Waals surface area contributed by atoms with Crippen molar-refractivity contribution < 1.29 is 14.3 Å². The van der Waals surface area contributed by atoms with Gasteiger partial charge in [0.25, 0.3) is 0 Å². The Morgan fingerprint density at radius 3 is 2.50 bits per heavy atom. The lowest BCUT2D eigenvalue weighted by atomic mass is 9.95. The summed E-state index contributed by atoms with van der Waals surface area (Å²) in [6, 6.07) is 15.5. The van der Waals surface area contributed by atoms with Crippen LogP contribution in [0.5, 0.6) is 5.75 Å². The van der Waals surface area contributed by atoms with E-state index in [-0.39, 0.29) is 24.0 Å². The van der Waals surface area contributed by atoms with Crippen molar-refractivity contribution in [2.75, 3.05) is 29.9 Å². The number of nitrogens with zero attached hydrogens (tertiary/aromatic N) is 2. The van der Waals surface area contributed by atoms with Crippen LogP contribution in [-0.2, 0) is 4.79 Å². The number of rotatable bonds is 3. The molecule has 158 valence electrons. The molecule has 0 unspecified atom stereocenters. The Hall–Kier alpha value is -3.02. The minimum atomic E-state index is -0.0750. The number of hydrogen-bond donors (Lipinski definition) is 1. The molecule has 30 heavy (non-hydrogen) atoms. The lowest BCUT2D eigenvalue weighted by Crippen LogP contribution is -2.52. The molecule has 3 amide bonds. The first kappa shape index (κ1) is 20.3. The van der Waals surface area contributed by atoms with Gasteiger partial charge in [0.15, 0.2) is 0 Å². The van der Waals surface area contributed by atoms with Crippen LogP contribution in [0.1, 0.15) is 31.7 Å². The quantitative estimate of drug-likeness (QED) is 0.818. The van der Waals surface area contributed by atoms with Crippen LogP contribution in [-0.4, -0.2) is 42.6 Å². The molecular formula is C24H29N3O3. The Kier molecular flexibility index (Phi) is 5.93. The fourth-order valence-electron chi connectivity index (χ4n) is 4.14. The maximum atomic E-state index is 13.3. The van der Waals surface area contributed by atoms with E-state index in [4.69, 9.17) is 4.74 Å². The van der Waals surface area contributed by atoms with Gasteiger partial charge in [-0.1, -0.05) is 37.3 Å². The van der Waals surface area contributed by atoms with Crippen molar-refractivity contribution in [1.29, 1.82) is 0 Å². The molecule has 0 saturated carbocycles. The summed E-state index contributed by atoms with van der Waals surface area (Å²) in [7, 11) is 0. The highest BCUT2D eigenvalue weighted by Gasteiger charge is 2.34. The maximum Gasteiger partial charge on any atom is 0.324 e. The van der Waals surface area contributed by atoms with Crippen LogP contribution >= 0.6 is 0 Å². The van der Waals surface area contributed by atoms with Gasteiger partial charge in [-0.3, -0.25) is 9.69 Å². The molecule has 4 rings (SSSR count). The molecule has 2 aromatic carbocycles. The zero-order valence-electron chi connectivity index (χ0n) is 17.6. The summed E-state index contributed by atoms with van der Waals surface area (Å²) >= 11 is 0. The van der Waals surface area contributed by atoms with Crippen LogP contribution in [0.4, 0.5) is 16.2 Å². The fourth-order valence-corrected chi connectivity index (χ4v) is 4.14. The predicted octanol–water partition coefficient (Wildman–Crippen LogP) is 4.44. The van der Waals surface area contributed by atoms with Gasteiger partial charge < -0.3 is 15.0 Å². The SMILES string of the molecule is CC[C@H]1CN(C(=O)N2CCC(C(=O)Nc3ccccc3C)CC2)c2ccccc2O1. The molecule has 1 saturated heterocycles. The van der Waals surface area contributed by atoms with E-state index in [1.165, 1.54) is 0 Å². The molecule has 1 N–H and O–H groups in total. The van der Waals surface area contributed by atoms with E-state index in [0.29, 0.717) is 32.5 Å². The predicted molar refractivity (Wildman–Crippen MR) is 118 cm³/mol. The van der Waals surface area contributed by atoms with Crippen LogP contribution in [0.25, 0.3) is 0 Å². The summed E-state index contributed by atoms with van der Waals surface area (Å²) < 4.78 is 6.00. The van der Waals surface area contributed by atoms with Gasteiger partial charge in [-0.15, -0.1) is 0 Å². The molecule has 6 heteroatoms. The third-order valence-corrected chi connectivity index (χ3v) is 6.06. The molecule has 2 aliphatic heterocycles. The first-order chi connectivity index (χ1) is 14.6. The van der Waals surface area contributed by atoms with E-state index in [1.807, 2.05) is 65.3 Å². The summed E-state index contributed by atoms with van der Waals surface area (Å²) in [5.74, 6) is 0.727. The van der Waals surface area contributed by atoms with Crippen LogP contribution in [0.15, 0.2) is 48.5 Å². The Balaban J connectivity index is 1.39. The van der Waals surface area contributed by atoms with Crippen LogP contribution in [0, 0.1) is 12.8 Å². The van der Waals surface area contributed by atoms with Crippen molar-refractivity contribution in [3.63, 3.8) is 0 Å². The van der Waals surface area contributed by atoms with Crippen molar-refractivity contribution in [3.05, 3.63) is 54.1 Å². The number of fused-ring (bicyclic) bond motifs is 1.